The molecule has 5 aromatic rings. The highest BCUT2D eigenvalue weighted by molar-refractivity contribution is 9.10. The zero-order valence-electron chi connectivity index (χ0n) is 13.1. The van der Waals surface area contributed by atoms with Gasteiger partial charge in [-0.25, -0.2) is 0 Å². The average molecular weight is 408 g/mol. The predicted octanol–water partition coefficient (Wildman–Crippen LogP) is 7.82. The first-order valence-electron chi connectivity index (χ1n) is 8.01. The molecule has 0 aliphatic carbocycles. The molecule has 4 aromatic carbocycles. The van der Waals surface area contributed by atoms with E-state index < -0.39 is 0 Å². The maximum atomic E-state index is 6.49. The Kier molecular flexibility index (Phi) is 3.37. The van der Waals surface area contributed by atoms with Crippen LogP contribution in [0, 0.1) is 0 Å². The molecule has 0 bridgehead atoms. The number of benzene rings is 4. The van der Waals surface area contributed by atoms with E-state index in [4.69, 9.17) is 16.0 Å². The summed E-state index contributed by atoms with van der Waals surface area (Å²) in [5.41, 5.74) is 3.93. The van der Waals surface area contributed by atoms with Gasteiger partial charge in [0.25, 0.3) is 0 Å². The third kappa shape index (κ3) is 2.29. The normalized spacial score (nSPS) is 11.6. The molecular formula is C22H12BrClO. The molecule has 1 heterocycles. The summed E-state index contributed by atoms with van der Waals surface area (Å²) in [5, 5.41) is 5.14. The monoisotopic (exact) mass is 406 g/mol. The van der Waals surface area contributed by atoms with Gasteiger partial charge in [0.1, 0.15) is 11.2 Å². The van der Waals surface area contributed by atoms with Crippen molar-refractivity contribution in [3.63, 3.8) is 0 Å². The highest BCUT2D eigenvalue weighted by Crippen LogP contribution is 2.41. The Labute approximate surface area is 157 Å². The number of hydrogen-bond donors (Lipinski definition) is 0. The Morgan fingerprint density at radius 3 is 2.40 bits per heavy atom. The van der Waals surface area contributed by atoms with E-state index >= 15 is 0 Å². The lowest BCUT2D eigenvalue weighted by Gasteiger charge is -2.08. The van der Waals surface area contributed by atoms with Crippen LogP contribution in [0.4, 0.5) is 0 Å². The molecule has 0 saturated carbocycles. The smallest absolute Gasteiger partial charge is 0.136 e. The lowest BCUT2D eigenvalue weighted by molar-refractivity contribution is 0.669. The summed E-state index contributed by atoms with van der Waals surface area (Å²) in [4.78, 5) is 0. The first-order valence-corrected chi connectivity index (χ1v) is 9.18. The molecule has 0 amide bonds. The molecule has 0 saturated heterocycles. The molecule has 1 nitrogen and oxygen atoms in total. The summed E-state index contributed by atoms with van der Waals surface area (Å²) in [5.74, 6) is 0. The molecule has 120 valence electrons. The largest absolute Gasteiger partial charge is 0.456 e. The molecule has 0 N–H and O–H groups in total. The van der Waals surface area contributed by atoms with E-state index in [0.717, 1.165) is 37.5 Å². The third-order valence-corrected chi connectivity index (χ3v) is 5.56. The van der Waals surface area contributed by atoms with E-state index in [1.807, 2.05) is 30.3 Å². The molecule has 0 atom stereocenters. The topological polar surface area (TPSA) is 13.1 Å². The predicted molar refractivity (Wildman–Crippen MR) is 109 cm³/mol. The molecule has 0 radical (unpaired) electrons. The van der Waals surface area contributed by atoms with Crippen LogP contribution < -0.4 is 0 Å². The number of fused-ring (bicyclic) bond motifs is 4. The second kappa shape index (κ2) is 5.62. The maximum Gasteiger partial charge on any atom is 0.136 e. The SMILES string of the molecule is Clc1cccc2oc3cccc(-c4cc(Br)c5ccccc5c4)c3c12. The minimum atomic E-state index is 0.712. The first-order chi connectivity index (χ1) is 12.2. The van der Waals surface area contributed by atoms with Crippen LogP contribution in [0.1, 0.15) is 0 Å². The van der Waals surface area contributed by atoms with Crippen molar-refractivity contribution in [3.8, 4) is 11.1 Å². The van der Waals surface area contributed by atoms with Gasteiger partial charge in [0.15, 0.2) is 0 Å². The van der Waals surface area contributed by atoms with Gasteiger partial charge in [0.2, 0.25) is 0 Å². The van der Waals surface area contributed by atoms with Gasteiger partial charge in [-0.1, -0.05) is 70.0 Å². The minimum Gasteiger partial charge on any atom is -0.456 e. The zero-order valence-corrected chi connectivity index (χ0v) is 15.4. The van der Waals surface area contributed by atoms with Crippen molar-refractivity contribution in [2.45, 2.75) is 0 Å². The van der Waals surface area contributed by atoms with Gasteiger partial charge >= 0.3 is 0 Å². The van der Waals surface area contributed by atoms with E-state index in [0.29, 0.717) is 5.02 Å². The van der Waals surface area contributed by atoms with Crippen molar-refractivity contribution in [2.75, 3.05) is 0 Å². The van der Waals surface area contributed by atoms with E-state index in [2.05, 4.69) is 58.4 Å². The van der Waals surface area contributed by atoms with Crippen LogP contribution in [0.5, 0.6) is 0 Å². The van der Waals surface area contributed by atoms with Crippen molar-refractivity contribution in [1.29, 1.82) is 0 Å². The minimum absolute atomic E-state index is 0.712. The maximum absolute atomic E-state index is 6.49. The van der Waals surface area contributed by atoms with Crippen LogP contribution in [0.25, 0.3) is 43.8 Å². The first kappa shape index (κ1) is 15.0. The Hall–Kier alpha value is -2.29. The summed E-state index contributed by atoms with van der Waals surface area (Å²) in [6, 6.07) is 24.7. The van der Waals surface area contributed by atoms with Crippen LogP contribution in [-0.4, -0.2) is 0 Å². The Bertz CT molecular complexity index is 1270. The molecule has 5 rings (SSSR count). The molecular weight excluding hydrogens is 396 g/mol. The second-order valence-electron chi connectivity index (χ2n) is 6.07. The van der Waals surface area contributed by atoms with Crippen molar-refractivity contribution in [3.05, 3.63) is 82.3 Å². The van der Waals surface area contributed by atoms with Gasteiger partial charge in [-0.05, 0) is 52.2 Å². The standard InChI is InChI=1S/C22H12BrClO/c23-17-12-14(11-13-5-1-2-6-15(13)17)16-7-3-9-19-21(16)22-18(24)8-4-10-20(22)25-19/h1-12H. The van der Waals surface area contributed by atoms with Gasteiger partial charge in [0, 0.05) is 15.2 Å². The van der Waals surface area contributed by atoms with Crippen LogP contribution in [0.15, 0.2) is 81.7 Å². The van der Waals surface area contributed by atoms with Crippen LogP contribution >= 0.6 is 27.5 Å². The molecule has 0 fully saturated rings. The van der Waals surface area contributed by atoms with Gasteiger partial charge in [0.05, 0.1) is 5.02 Å². The summed E-state index contributed by atoms with van der Waals surface area (Å²) >= 11 is 10.2. The van der Waals surface area contributed by atoms with E-state index in [1.54, 1.807) is 0 Å². The molecule has 25 heavy (non-hydrogen) atoms. The zero-order chi connectivity index (χ0) is 17.0. The summed E-state index contributed by atoms with van der Waals surface area (Å²) < 4.78 is 7.10. The van der Waals surface area contributed by atoms with Crippen molar-refractivity contribution < 1.29 is 4.42 Å². The average Bonchev–Trinajstić information content (AvgIpc) is 3.01. The number of halogens is 2. The summed E-state index contributed by atoms with van der Waals surface area (Å²) in [6.45, 7) is 0. The fraction of sp³-hybridized carbons (Fsp3) is 0. The number of rotatable bonds is 1. The fourth-order valence-corrected chi connectivity index (χ4v) is 4.35. The summed E-state index contributed by atoms with van der Waals surface area (Å²) in [6.07, 6.45) is 0. The Morgan fingerprint density at radius 1 is 0.760 bits per heavy atom. The van der Waals surface area contributed by atoms with E-state index in [9.17, 15) is 0 Å². The lowest BCUT2D eigenvalue weighted by atomic mass is 9.97. The van der Waals surface area contributed by atoms with Crippen molar-refractivity contribution in [2.24, 2.45) is 0 Å². The molecule has 1 aromatic heterocycles. The van der Waals surface area contributed by atoms with Crippen LogP contribution in [0.2, 0.25) is 5.02 Å². The Balaban J connectivity index is 1.91. The van der Waals surface area contributed by atoms with Crippen molar-refractivity contribution in [1.82, 2.24) is 0 Å². The Morgan fingerprint density at radius 2 is 1.52 bits per heavy atom. The van der Waals surface area contributed by atoms with Gasteiger partial charge < -0.3 is 4.42 Å². The molecule has 0 aliphatic rings. The highest BCUT2D eigenvalue weighted by Gasteiger charge is 2.15. The van der Waals surface area contributed by atoms with E-state index in [1.165, 1.54) is 10.8 Å². The molecule has 0 aliphatic heterocycles. The van der Waals surface area contributed by atoms with Crippen LogP contribution in [-0.2, 0) is 0 Å². The number of hydrogen-bond acceptors (Lipinski definition) is 1. The lowest BCUT2D eigenvalue weighted by Crippen LogP contribution is -1.83. The van der Waals surface area contributed by atoms with Crippen LogP contribution in [0.3, 0.4) is 0 Å². The van der Waals surface area contributed by atoms with Gasteiger partial charge in [-0.3, -0.25) is 0 Å². The van der Waals surface area contributed by atoms with Gasteiger partial charge in [-0.15, -0.1) is 0 Å². The number of furan rings is 1. The molecule has 3 heteroatoms. The summed E-state index contributed by atoms with van der Waals surface area (Å²) in [7, 11) is 0. The van der Waals surface area contributed by atoms with Gasteiger partial charge in [-0.2, -0.15) is 0 Å². The highest BCUT2D eigenvalue weighted by atomic mass is 79.9. The van der Waals surface area contributed by atoms with E-state index in [-0.39, 0.29) is 0 Å². The van der Waals surface area contributed by atoms with Crippen molar-refractivity contribution >= 4 is 60.2 Å². The third-order valence-electron chi connectivity index (χ3n) is 4.59. The molecule has 0 unspecified atom stereocenters. The molecule has 0 spiro atoms. The second-order valence-corrected chi connectivity index (χ2v) is 7.33. The quantitative estimate of drug-likeness (QED) is 0.276. The fourth-order valence-electron chi connectivity index (χ4n) is 3.48.